The third-order valence-electron chi connectivity index (χ3n) is 5.94. The van der Waals surface area contributed by atoms with E-state index in [1.165, 1.54) is 13.2 Å². The fraction of sp³-hybridized carbons (Fsp3) is 0.320. The molecule has 0 saturated carbocycles. The van der Waals surface area contributed by atoms with E-state index in [-0.39, 0.29) is 18.5 Å². The maximum atomic E-state index is 13.6. The molecule has 0 radical (unpaired) electrons. The van der Waals surface area contributed by atoms with Gasteiger partial charge in [-0.2, -0.15) is 5.10 Å². The standard InChI is InChI=1S/C25H26F2N4O3/c1-15-9-16(2)31(29-15)20-6-4-5-18(11-20)24(32)28-19-12-23(25(33)34-3)30(14-19)13-17-7-8-21(26)22(27)10-17/h4-11,19,23H,12-14H2,1-3H3,(H,28,32)/t19-,23+/m1/s1. The summed E-state index contributed by atoms with van der Waals surface area (Å²) in [6, 6.07) is 11.8. The maximum absolute atomic E-state index is 13.6. The number of aromatic nitrogens is 2. The summed E-state index contributed by atoms with van der Waals surface area (Å²) in [6.45, 7) is 4.43. The fourth-order valence-corrected chi connectivity index (χ4v) is 4.37. The van der Waals surface area contributed by atoms with Crippen LogP contribution < -0.4 is 5.32 Å². The topological polar surface area (TPSA) is 76.5 Å². The molecule has 1 aliphatic rings. The third kappa shape index (κ3) is 4.99. The number of amides is 1. The molecule has 0 unspecified atom stereocenters. The molecule has 4 rings (SSSR count). The van der Waals surface area contributed by atoms with Crippen LogP contribution in [0.1, 0.15) is 33.7 Å². The summed E-state index contributed by atoms with van der Waals surface area (Å²) in [5, 5.41) is 7.45. The van der Waals surface area contributed by atoms with Gasteiger partial charge in [-0.05, 0) is 62.2 Å². The summed E-state index contributed by atoms with van der Waals surface area (Å²) >= 11 is 0. The molecule has 0 aliphatic carbocycles. The monoisotopic (exact) mass is 468 g/mol. The smallest absolute Gasteiger partial charge is 0.323 e. The highest BCUT2D eigenvalue weighted by atomic mass is 19.2. The van der Waals surface area contributed by atoms with E-state index in [4.69, 9.17) is 4.74 Å². The van der Waals surface area contributed by atoms with Gasteiger partial charge in [-0.15, -0.1) is 0 Å². The van der Waals surface area contributed by atoms with Crippen molar-refractivity contribution in [2.75, 3.05) is 13.7 Å². The molecule has 2 heterocycles. The van der Waals surface area contributed by atoms with Crippen LogP contribution in [-0.2, 0) is 16.1 Å². The zero-order valence-electron chi connectivity index (χ0n) is 19.2. The number of hydrogen-bond donors (Lipinski definition) is 1. The van der Waals surface area contributed by atoms with E-state index >= 15 is 0 Å². The summed E-state index contributed by atoms with van der Waals surface area (Å²) in [7, 11) is 1.30. The van der Waals surface area contributed by atoms with Gasteiger partial charge >= 0.3 is 5.97 Å². The van der Waals surface area contributed by atoms with Crippen molar-refractivity contribution >= 4 is 11.9 Å². The minimum absolute atomic E-state index is 0.219. The first-order valence-electron chi connectivity index (χ1n) is 11.0. The van der Waals surface area contributed by atoms with E-state index in [1.54, 1.807) is 27.8 Å². The molecule has 0 bridgehead atoms. The predicted molar refractivity (Wildman–Crippen MR) is 121 cm³/mol. The summed E-state index contributed by atoms with van der Waals surface area (Å²) in [5.74, 6) is -2.58. The number of nitrogens with one attached hydrogen (secondary N) is 1. The molecule has 34 heavy (non-hydrogen) atoms. The number of halogens is 2. The average Bonchev–Trinajstić information content (AvgIpc) is 3.37. The number of carbonyl (C=O) groups excluding carboxylic acids is 2. The van der Waals surface area contributed by atoms with E-state index in [9.17, 15) is 18.4 Å². The van der Waals surface area contributed by atoms with E-state index < -0.39 is 23.6 Å². The van der Waals surface area contributed by atoms with Gasteiger partial charge in [-0.1, -0.05) is 12.1 Å². The van der Waals surface area contributed by atoms with Crippen molar-refractivity contribution in [3.8, 4) is 5.69 Å². The predicted octanol–water partition coefficient (Wildman–Crippen LogP) is 3.31. The molecule has 1 saturated heterocycles. The Bertz CT molecular complexity index is 1230. The Morgan fingerprint density at radius 1 is 1.12 bits per heavy atom. The van der Waals surface area contributed by atoms with Gasteiger partial charge < -0.3 is 10.1 Å². The zero-order chi connectivity index (χ0) is 24.4. The highest BCUT2D eigenvalue weighted by Crippen LogP contribution is 2.23. The first kappa shape index (κ1) is 23.6. The quantitative estimate of drug-likeness (QED) is 0.562. The molecule has 3 aromatic rings. The number of carbonyl (C=O) groups is 2. The first-order valence-corrected chi connectivity index (χ1v) is 11.0. The van der Waals surface area contributed by atoms with E-state index in [1.807, 2.05) is 26.0 Å². The fourth-order valence-electron chi connectivity index (χ4n) is 4.37. The SMILES string of the molecule is COC(=O)[C@@H]1C[C@@H](NC(=O)c2cccc(-n3nc(C)cc3C)c2)CN1Cc1ccc(F)c(F)c1. The molecule has 1 aliphatic heterocycles. The van der Waals surface area contributed by atoms with E-state index in [0.29, 0.717) is 24.1 Å². The number of likely N-dealkylation sites (tertiary alicyclic amines) is 1. The lowest BCUT2D eigenvalue weighted by Crippen LogP contribution is -2.37. The second-order valence-corrected chi connectivity index (χ2v) is 8.51. The van der Waals surface area contributed by atoms with Crippen LogP contribution in [0.5, 0.6) is 0 Å². The van der Waals surface area contributed by atoms with Crippen molar-refractivity contribution in [3.63, 3.8) is 0 Å². The van der Waals surface area contributed by atoms with E-state index in [0.717, 1.165) is 29.2 Å². The summed E-state index contributed by atoms with van der Waals surface area (Å²) in [5.41, 5.74) is 3.61. The van der Waals surface area contributed by atoms with Crippen molar-refractivity contribution in [2.24, 2.45) is 0 Å². The lowest BCUT2D eigenvalue weighted by molar-refractivity contribution is -0.146. The average molecular weight is 469 g/mol. The maximum Gasteiger partial charge on any atom is 0.323 e. The molecule has 7 nitrogen and oxygen atoms in total. The number of esters is 1. The van der Waals surface area contributed by atoms with Gasteiger partial charge in [0.15, 0.2) is 11.6 Å². The molecule has 1 N–H and O–H groups in total. The Hall–Kier alpha value is -3.59. The van der Waals surface area contributed by atoms with Gasteiger partial charge in [0.2, 0.25) is 0 Å². The summed E-state index contributed by atoms with van der Waals surface area (Å²) in [6.07, 6.45) is 0.346. The van der Waals surface area contributed by atoms with Crippen LogP contribution in [0.2, 0.25) is 0 Å². The molecular weight excluding hydrogens is 442 g/mol. The minimum Gasteiger partial charge on any atom is -0.468 e. The number of ether oxygens (including phenoxy) is 1. The Morgan fingerprint density at radius 3 is 2.59 bits per heavy atom. The number of hydrogen-bond acceptors (Lipinski definition) is 5. The molecule has 2 aromatic carbocycles. The summed E-state index contributed by atoms with van der Waals surface area (Å²) in [4.78, 5) is 27.2. The van der Waals surface area contributed by atoms with Gasteiger partial charge in [0, 0.05) is 30.4 Å². The first-order chi connectivity index (χ1) is 16.2. The van der Waals surface area contributed by atoms with Crippen LogP contribution in [0.4, 0.5) is 8.78 Å². The number of aryl methyl sites for hydroxylation is 2. The molecule has 9 heteroatoms. The Morgan fingerprint density at radius 2 is 1.91 bits per heavy atom. The summed E-state index contributed by atoms with van der Waals surface area (Å²) < 4.78 is 33.6. The molecule has 1 amide bonds. The highest BCUT2D eigenvalue weighted by molar-refractivity contribution is 5.95. The van der Waals surface area contributed by atoms with Gasteiger partial charge in [-0.25, -0.2) is 13.5 Å². The largest absolute Gasteiger partial charge is 0.468 e. The van der Waals surface area contributed by atoms with Gasteiger partial charge in [0.25, 0.3) is 5.91 Å². The van der Waals surface area contributed by atoms with Crippen LogP contribution in [-0.4, -0.2) is 52.3 Å². The molecule has 1 aromatic heterocycles. The van der Waals surface area contributed by atoms with Crippen molar-refractivity contribution < 1.29 is 23.1 Å². The number of rotatable bonds is 6. The zero-order valence-corrected chi connectivity index (χ0v) is 19.2. The Balaban J connectivity index is 1.48. The van der Waals surface area contributed by atoms with Crippen LogP contribution in [0.25, 0.3) is 5.69 Å². The second-order valence-electron chi connectivity index (χ2n) is 8.51. The second kappa shape index (κ2) is 9.72. The van der Waals surface area contributed by atoms with Gasteiger partial charge in [-0.3, -0.25) is 14.5 Å². The molecule has 1 fully saturated rings. The molecular formula is C25H26F2N4O3. The number of benzene rings is 2. The Labute approximate surface area is 196 Å². The number of methoxy groups -OCH3 is 1. The molecule has 0 spiro atoms. The Kier molecular flexibility index (Phi) is 6.74. The van der Waals surface area contributed by atoms with Crippen LogP contribution in [0.15, 0.2) is 48.5 Å². The van der Waals surface area contributed by atoms with Crippen molar-refractivity contribution in [1.29, 1.82) is 0 Å². The minimum atomic E-state index is -0.946. The van der Waals surface area contributed by atoms with Crippen LogP contribution in [0.3, 0.4) is 0 Å². The lowest BCUT2D eigenvalue weighted by Gasteiger charge is -2.22. The van der Waals surface area contributed by atoms with E-state index in [2.05, 4.69) is 10.4 Å². The highest BCUT2D eigenvalue weighted by Gasteiger charge is 2.38. The van der Waals surface area contributed by atoms with Crippen molar-refractivity contribution in [2.45, 2.75) is 38.9 Å². The molecule has 2 atom stereocenters. The molecule has 178 valence electrons. The lowest BCUT2D eigenvalue weighted by atomic mass is 10.1. The van der Waals surface area contributed by atoms with Crippen molar-refractivity contribution in [3.05, 3.63) is 82.7 Å². The third-order valence-corrected chi connectivity index (χ3v) is 5.94. The van der Waals surface area contributed by atoms with Crippen LogP contribution in [0, 0.1) is 25.5 Å². The van der Waals surface area contributed by atoms with Crippen molar-refractivity contribution in [1.82, 2.24) is 20.0 Å². The normalized spacial score (nSPS) is 18.1. The van der Waals surface area contributed by atoms with Crippen LogP contribution >= 0.6 is 0 Å². The van der Waals surface area contributed by atoms with Gasteiger partial charge in [0.05, 0.1) is 18.5 Å². The van der Waals surface area contributed by atoms with Gasteiger partial charge in [0.1, 0.15) is 6.04 Å². The number of nitrogens with zero attached hydrogens (tertiary/aromatic N) is 3.